The highest BCUT2D eigenvalue weighted by molar-refractivity contribution is 5.30. The molecule has 0 heterocycles. The van der Waals surface area contributed by atoms with Crippen LogP contribution in [0.2, 0.25) is 0 Å². The molecule has 2 heteroatoms. The summed E-state index contributed by atoms with van der Waals surface area (Å²) in [6.07, 6.45) is 3.49. The molecule has 124 valence electrons. The lowest BCUT2D eigenvalue weighted by Gasteiger charge is -2.26. The van der Waals surface area contributed by atoms with Gasteiger partial charge in [-0.3, -0.25) is 0 Å². The number of hydrogen-bond donors (Lipinski definition) is 0. The lowest BCUT2D eigenvalue weighted by atomic mass is 9.88. The Morgan fingerprint density at radius 1 is 0.909 bits per heavy atom. The van der Waals surface area contributed by atoms with Gasteiger partial charge in [0.25, 0.3) is 0 Å². The minimum atomic E-state index is 0.461. The Hall–Kier alpha value is -1.44. The maximum absolute atomic E-state index is 2.38. The van der Waals surface area contributed by atoms with Gasteiger partial charge in [-0.25, -0.2) is 0 Å². The molecule has 0 fully saturated rings. The third-order valence-corrected chi connectivity index (χ3v) is 4.60. The van der Waals surface area contributed by atoms with Gasteiger partial charge in [0.15, 0.2) is 0 Å². The fourth-order valence-corrected chi connectivity index (χ4v) is 2.76. The monoisotopic (exact) mass is 302 g/mol. The van der Waals surface area contributed by atoms with Crippen LogP contribution in [0.15, 0.2) is 36.2 Å². The minimum Gasteiger partial charge on any atom is -0.365 e. The van der Waals surface area contributed by atoms with E-state index in [0.717, 1.165) is 6.42 Å². The second kappa shape index (κ2) is 8.26. The van der Waals surface area contributed by atoms with Gasteiger partial charge < -0.3 is 9.80 Å². The van der Waals surface area contributed by atoms with E-state index in [1.54, 1.807) is 0 Å². The van der Waals surface area contributed by atoms with E-state index < -0.39 is 0 Å². The summed E-state index contributed by atoms with van der Waals surface area (Å²) in [5, 5.41) is 0. The summed E-state index contributed by atoms with van der Waals surface area (Å²) in [5.41, 5.74) is 2.85. The molecule has 0 aliphatic rings. The Balaban J connectivity index is 3.03. The highest BCUT2D eigenvalue weighted by atomic mass is 15.3. The van der Waals surface area contributed by atoms with Crippen molar-refractivity contribution in [3.8, 4) is 0 Å². The van der Waals surface area contributed by atoms with Crippen LogP contribution in [-0.2, 0) is 0 Å². The predicted molar refractivity (Wildman–Crippen MR) is 98.2 cm³/mol. The van der Waals surface area contributed by atoms with E-state index in [1.165, 1.54) is 16.9 Å². The van der Waals surface area contributed by atoms with Crippen LogP contribution in [0.3, 0.4) is 0 Å². The molecule has 1 rings (SSSR count). The molecule has 2 unspecified atom stereocenters. The molecule has 0 amide bonds. The number of rotatable bonds is 7. The molecule has 0 aliphatic heterocycles. The Morgan fingerprint density at radius 3 is 1.73 bits per heavy atom. The van der Waals surface area contributed by atoms with Gasteiger partial charge in [-0.15, -0.1) is 0 Å². The Kier molecular flexibility index (Phi) is 6.99. The van der Waals surface area contributed by atoms with Crippen molar-refractivity contribution in [2.24, 2.45) is 5.92 Å². The van der Waals surface area contributed by atoms with E-state index in [-0.39, 0.29) is 0 Å². The van der Waals surface area contributed by atoms with E-state index in [2.05, 4.69) is 96.0 Å². The van der Waals surface area contributed by atoms with E-state index in [0.29, 0.717) is 17.8 Å². The molecule has 0 spiro atoms. The number of hydrogen-bond acceptors (Lipinski definition) is 2. The van der Waals surface area contributed by atoms with E-state index >= 15 is 0 Å². The number of allylic oxidation sites excluding steroid dienone is 1. The fourth-order valence-electron chi connectivity index (χ4n) is 2.76. The molecule has 0 saturated carbocycles. The van der Waals surface area contributed by atoms with Gasteiger partial charge in [-0.1, -0.05) is 52.0 Å². The van der Waals surface area contributed by atoms with Gasteiger partial charge in [0.1, 0.15) is 0 Å². The molecule has 1 aromatic rings. The molecular weight excluding hydrogens is 268 g/mol. The molecule has 0 N–H and O–H groups in total. The summed E-state index contributed by atoms with van der Waals surface area (Å²) >= 11 is 0. The van der Waals surface area contributed by atoms with Crippen LogP contribution >= 0.6 is 0 Å². The first-order valence-electron chi connectivity index (χ1n) is 8.44. The Labute approximate surface area is 137 Å². The Bertz CT molecular complexity index is 459. The highest BCUT2D eigenvalue weighted by Gasteiger charge is 2.13. The van der Waals surface area contributed by atoms with Crippen LogP contribution in [0.5, 0.6) is 0 Å². The molecule has 0 aromatic heterocycles. The zero-order chi connectivity index (χ0) is 16.9. The normalized spacial score (nSPS) is 13.7. The third kappa shape index (κ3) is 4.79. The molecule has 0 radical (unpaired) electrons. The van der Waals surface area contributed by atoms with Gasteiger partial charge in [0.2, 0.25) is 0 Å². The second-order valence-electron chi connectivity index (χ2n) is 7.03. The molecule has 2 atom stereocenters. The zero-order valence-electron chi connectivity index (χ0n) is 15.7. The van der Waals surface area contributed by atoms with Crippen LogP contribution in [-0.4, -0.2) is 38.0 Å². The predicted octanol–water partition coefficient (Wildman–Crippen LogP) is 4.90. The highest BCUT2D eigenvalue weighted by Crippen LogP contribution is 2.28. The molecule has 22 heavy (non-hydrogen) atoms. The smallest absolute Gasteiger partial charge is 0.0993 e. The van der Waals surface area contributed by atoms with Crippen molar-refractivity contribution in [2.45, 2.75) is 46.0 Å². The third-order valence-electron chi connectivity index (χ3n) is 4.60. The van der Waals surface area contributed by atoms with Crippen molar-refractivity contribution in [3.05, 3.63) is 47.3 Å². The molecule has 2 nitrogen and oxygen atoms in total. The van der Waals surface area contributed by atoms with Gasteiger partial charge in [-0.2, -0.15) is 0 Å². The molecule has 1 aromatic carbocycles. The minimum absolute atomic E-state index is 0.461. The number of nitrogens with zero attached hydrogens (tertiary/aromatic N) is 2. The van der Waals surface area contributed by atoms with Gasteiger partial charge in [0, 0.05) is 34.1 Å². The maximum atomic E-state index is 2.38. The first-order chi connectivity index (χ1) is 10.3. The van der Waals surface area contributed by atoms with Crippen molar-refractivity contribution in [1.82, 2.24) is 9.80 Å². The van der Waals surface area contributed by atoms with Gasteiger partial charge >= 0.3 is 0 Å². The lowest BCUT2D eigenvalue weighted by Crippen LogP contribution is -2.25. The summed E-state index contributed by atoms with van der Waals surface area (Å²) < 4.78 is 0. The first kappa shape index (κ1) is 18.6. The average Bonchev–Trinajstić information content (AvgIpc) is 2.47. The SMILES string of the molecule is CCC(C=C(N(C)C)N(C)C)c1ccc(C(C)C(C)C)cc1. The largest absolute Gasteiger partial charge is 0.365 e. The molecule has 0 saturated heterocycles. The van der Waals surface area contributed by atoms with E-state index in [9.17, 15) is 0 Å². The molecule has 0 aliphatic carbocycles. The van der Waals surface area contributed by atoms with Crippen molar-refractivity contribution >= 4 is 0 Å². The van der Waals surface area contributed by atoms with Crippen LogP contribution in [0.1, 0.15) is 57.1 Å². The lowest BCUT2D eigenvalue weighted by molar-refractivity contribution is 0.338. The van der Waals surface area contributed by atoms with Gasteiger partial charge in [-0.05, 0) is 35.5 Å². The van der Waals surface area contributed by atoms with Crippen LogP contribution in [0.25, 0.3) is 0 Å². The summed E-state index contributed by atoms with van der Waals surface area (Å²) in [4.78, 5) is 4.36. The van der Waals surface area contributed by atoms with E-state index in [4.69, 9.17) is 0 Å². The van der Waals surface area contributed by atoms with Crippen molar-refractivity contribution in [3.63, 3.8) is 0 Å². The summed E-state index contributed by atoms with van der Waals surface area (Å²) in [5.74, 6) is 3.01. The maximum Gasteiger partial charge on any atom is 0.0993 e. The number of benzene rings is 1. The van der Waals surface area contributed by atoms with Gasteiger partial charge in [0.05, 0.1) is 5.82 Å². The van der Waals surface area contributed by atoms with Crippen molar-refractivity contribution in [2.75, 3.05) is 28.2 Å². The fraction of sp³-hybridized carbons (Fsp3) is 0.600. The summed E-state index contributed by atoms with van der Waals surface area (Å²) in [6.45, 7) is 9.15. The van der Waals surface area contributed by atoms with Crippen LogP contribution in [0.4, 0.5) is 0 Å². The molecule has 0 bridgehead atoms. The standard InChI is InChI=1S/C20H34N2/c1-9-17(14-20(21(5)6)22(7)8)19-12-10-18(11-13-19)16(4)15(2)3/h10-17H,9H2,1-8H3. The quantitative estimate of drug-likeness (QED) is 0.706. The summed E-state index contributed by atoms with van der Waals surface area (Å²) in [6, 6.07) is 9.23. The summed E-state index contributed by atoms with van der Waals surface area (Å²) in [7, 11) is 8.41. The average molecular weight is 303 g/mol. The van der Waals surface area contributed by atoms with Crippen LogP contribution in [0, 0.1) is 5.92 Å². The molecular formula is C20H34N2. The van der Waals surface area contributed by atoms with Crippen molar-refractivity contribution < 1.29 is 0 Å². The zero-order valence-corrected chi connectivity index (χ0v) is 15.7. The second-order valence-corrected chi connectivity index (χ2v) is 7.03. The van der Waals surface area contributed by atoms with E-state index in [1.807, 2.05) is 0 Å². The Morgan fingerprint density at radius 2 is 1.36 bits per heavy atom. The first-order valence-corrected chi connectivity index (χ1v) is 8.44. The van der Waals surface area contributed by atoms with Crippen LogP contribution < -0.4 is 0 Å². The topological polar surface area (TPSA) is 6.48 Å². The van der Waals surface area contributed by atoms with Crippen molar-refractivity contribution in [1.29, 1.82) is 0 Å².